The molecule has 0 saturated heterocycles. The topological polar surface area (TPSA) is 17.8 Å². The molecule has 0 bridgehead atoms. The second-order valence-electron chi connectivity index (χ2n) is 4.31. The average molecular weight is 249 g/mol. The van der Waals surface area contributed by atoms with E-state index in [4.69, 9.17) is 11.6 Å². The van der Waals surface area contributed by atoms with Gasteiger partial charge in [0.15, 0.2) is 0 Å². The number of aryl methyl sites for hydroxylation is 3. The number of halogens is 1. The van der Waals surface area contributed by atoms with Crippen molar-refractivity contribution in [3.63, 3.8) is 0 Å². The highest BCUT2D eigenvalue weighted by atomic mass is 35.5. The number of hydrogen-bond acceptors (Lipinski definition) is 1. The third-order valence-corrected chi connectivity index (χ3v) is 3.51. The molecule has 0 atom stereocenters. The smallest absolute Gasteiger partial charge is 0.130 e. The van der Waals surface area contributed by atoms with Crippen LogP contribution in [0.2, 0.25) is 5.15 Å². The summed E-state index contributed by atoms with van der Waals surface area (Å²) in [5.41, 5.74) is 3.48. The summed E-state index contributed by atoms with van der Waals surface area (Å²) in [6.45, 7) is 4.88. The Kier molecular flexibility index (Phi) is 3.85. The predicted molar refractivity (Wildman–Crippen MR) is 71.5 cm³/mol. The molecule has 1 heterocycles. The molecule has 0 aliphatic heterocycles. The lowest BCUT2D eigenvalue weighted by molar-refractivity contribution is 0.576. The average Bonchev–Trinajstić information content (AvgIpc) is 2.59. The molecule has 3 heteroatoms. The highest BCUT2D eigenvalue weighted by molar-refractivity contribution is 6.30. The van der Waals surface area contributed by atoms with Crippen LogP contribution >= 0.6 is 11.6 Å². The molecule has 2 rings (SSSR count). The van der Waals surface area contributed by atoms with E-state index < -0.39 is 0 Å². The van der Waals surface area contributed by atoms with E-state index in [1.165, 1.54) is 5.56 Å². The largest absolute Gasteiger partial charge is 0.253 e. The Morgan fingerprint density at radius 1 is 1.18 bits per heavy atom. The van der Waals surface area contributed by atoms with Crippen molar-refractivity contribution < 1.29 is 0 Å². The molecule has 2 nitrogen and oxygen atoms in total. The molecule has 0 spiro atoms. The van der Waals surface area contributed by atoms with E-state index in [-0.39, 0.29) is 0 Å². The van der Waals surface area contributed by atoms with Gasteiger partial charge in [-0.2, -0.15) is 5.10 Å². The second kappa shape index (κ2) is 5.37. The molecule has 0 N–H and O–H groups in total. The first-order valence-electron chi connectivity index (χ1n) is 5.92. The zero-order valence-electron chi connectivity index (χ0n) is 10.3. The first-order valence-corrected chi connectivity index (χ1v) is 6.29. The Morgan fingerprint density at radius 2 is 1.88 bits per heavy atom. The molecule has 0 unspecified atom stereocenters. The molecule has 0 saturated carbocycles. The van der Waals surface area contributed by atoms with Gasteiger partial charge < -0.3 is 0 Å². The Bertz CT molecular complexity index is 488. The van der Waals surface area contributed by atoms with Crippen LogP contribution in [0.15, 0.2) is 30.3 Å². The Labute approximate surface area is 107 Å². The van der Waals surface area contributed by atoms with Crippen LogP contribution in [0.4, 0.5) is 0 Å². The quantitative estimate of drug-likeness (QED) is 0.805. The molecule has 1 aromatic heterocycles. The van der Waals surface area contributed by atoms with Crippen molar-refractivity contribution in [1.82, 2.24) is 9.78 Å². The third kappa shape index (κ3) is 2.89. The number of hydrogen-bond donors (Lipinski definition) is 0. The Hall–Kier alpha value is -1.28. The van der Waals surface area contributed by atoms with Gasteiger partial charge in [0.1, 0.15) is 5.15 Å². The fourth-order valence-electron chi connectivity index (χ4n) is 1.87. The molecule has 1 aromatic carbocycles. The fraction of sp³-hybridized carbons (Fsp3) is 0.357. The van der Waals surface area contributed by atoms with Crippen molar-refractivity contribution in [3.05, 3.63) is 52.3 Å². The molecule has 90 valence electrons. The monoisotopic (exact) mass is 248 g/mol. The highest BCUT2D eigenvalue weighted by Crippen LogP contribution is 2.18. The summed E-state index contributed by atoms with van der Waals surface area (Å²) in [5, 5.41) is 5.20. The number of benzene rings is 1. The summed E-state index contributed by atoms with van der Waals surface area (Å²) in [7, 11) is 0. The minimum atomic E-state index is 0.774. The van der Waals surface area contributed by atoms with Crippen LogP contribution in [0.25, 0.3) is 0 Å². The standard InChI is InChI=1S/C14H17ClN2/c1-11-12(2)16-17(14(11)15)10-6-9-13-7-4-3-5-8-13/h3-5,7-8H,6,9-10H2,1-2H3. The molecule has 0 fully saturated rings. The van der Waals surface area contributed by atoms with Crippen molar-refractivity contribution in [1.29, 1.82) is 0 Å². The maximum atomic E-state index is 6.20. The Morgan fingerprint density at radius 3 is 2.47 bits per heavy atom. The summed E-state index contributed by atoms with van der Waals surface area (Å²) in [6.07, 6.45) is 2.12. The van der Waals surface area contributed by atoms with Crippen molar-refractivity contribution in [2.24, 2.45) is 0 Å². The van der Waals surface area contributed by atoms with Gasteiger partial charge in [-0.05, 0) is 32.3 Å². The van der Waals surface area contributed by atoms with Crippen LogP contribution in [0.5, 0.6) is 0 Å². The normalized spacial score (nSPS) is 10.8. The molecule has 0 amide bonds. The van der Waals surface area contributed by atoms with Crippen molar-refractivity contribution in [2.45, 2.75) is 33.2 Å². The van der Waals surface area contributed by atoms with Crippen LogP contribution in [0, 0.1) is 13.8 Å². The summed E-state index contributed by atoms with van der Waals surface area (Å²) >= 11 is 6.20. The Balaban J connectivity index is 1.92. The van der Waals surface area contributed by atoms with Gasteiger partial charge in [0.2, 0.25) is 0 Å². The summed E-state index contributed by atoms with van der Waals surface area (Å²) < 4.78 is 1.90. The first kappa shape index (κ1) is 12.2. The van der Waals surface area contributed by atoms with Gasteiger partial charge in [-0.25, -0.2) is 0 Å². The zero-order valence-corrected chi connectivity index (χ0v) is 11.0. The second-order valence-corrected chi connectivity index (χ2v) is 4.67. The van der Waals surface area contributed by atoms with Gasteiger partial charge in [0.25, 0.3) is 0 Å². The molecule has 2 aromatic rings. The lowest BCUT2D eigenvalue weighted by Gasteiger charge is -2.03. The van der Waals surface area contributed by atoms with E-state index in [0.717, 1.165) is 35.8 Å². The zero-order chi connectivity index (χ0) is 12.3. The van der Waals surface area contributed by atoms with E-state index >= 15 is 0 Å². The molecular weight excluding hydrogens is 232 g/mol. The van der Waals surface area contributed by atoms with Crippen molar-refractivity contribution in [3.8, 4) is 0 Å². The lowest BCUT2D eigenvalue weighted by atomic mass is 10.1. The minimum absolute atomic E-state index is 0.774. The van der Waals surface area contributed by atoms with Gasteiger partial charge in [-0.15, -0.1) is 0 Å². The predicted octanol–water partition coefficient (Wildman–Crippen LogP) is 3.79. The van der Waals surface area contributed by atoms with Crippen molar-refractivity contribution in [2.75, 3.05) is 0 Å². The van der Waals surface area contributed by atoms with E-state index in [1.807, 2.05) is 24.6 Å². The molecule has 0 aliphatic rings. The number of aromatic nitrogens is 2. The maximum absolute atomic E-state index is 6.20. The van der Waals surface area contributed by atoms with Gasteiger partial charge in [0, 0.05) is 12.1 Å². The fourth-order valence-corrected chi connectivity index (χ4v) is 2.13. The maximum Gasteiger partial charge on any atom is 0.130 e. The van der Waals surface area contributed by atoms with Gasteiger partial charge in [-0.3, -0.25) is 4.68 Å². The highest BCUT2D eigenvalue weighted by Gasteiger charge is 2.08. The van der Waals surface area contributed by atoms with E-state index in [2.05, 4.69) is 29.4 Å². The molecule has 0 aliphatic carbocycles. The number of nitrogens with zero attached hydrogens (tertiary/aromatic N) is 2. The summed E-state index contributed by atoms with van der Waals surface area (Å²) in [6, 6.07) is 10.5. The molecule has 17 heavy (non-hydrogen) atoms. The number of rotatable bonds is 4. The third-order valence-electron chi connectivity index (χ3n) is 3.03. The minimum Gasteiger partial charge on any atom is -0.253 e. The SMILES string of the molecule is Cc1nn(CCCc2ccccc2)c(Cl)c1C. The van der Waals surface area contributed by atoms with Crippen LogP contribution in [-0.4, -0.2) is 9.78 Å². The van der Waals surface area contributed by atoms with Crippen LogP contribution < -0.4 is 0 Å². The van der Waals surface area contributed by atoms with E-state index in [1.54, 1.807) is 0 Å². The summed E-state index contributed by atoms with van der Waals surface area (Å²) in [4.78, 5) is 0. The van der Waals surface area contributed by atoms with E-state index in [9.17, 15) is 0 Å². The van der Waals surface area contributed by atoms with Crippen molar-refractivity contribution >= 4 is 11.6 Å². The van der Waals surface area contributed by atoms with Gasteiger partial charge in [-0.1, -0.05) is 41.9 Å². The molecule has 0 radical (unpaired) electrons. The first-order chi connectivity index (χ1) is 8.18. The van der Waals surface area contributed by atoms with Gasteiger partial charge in [0.05, 0.1) is 5.69 Å². The lowest BCUT2D eigenvalue weighted by Crippen LogP contribution is -2.02. The summed E-state index contributed by atoms with van der Waals surface area (Å²) in [5.74, 6) is 0. The molecular formula is C14H17ClN2. The van der Waals surface area contributed by atoms with E-state index in [0.29, 0.717) is 0 Å². The van der Waals surface area contributed by atoms with Gasteiger partial charge >= 0.3 is 0 Å². The van der Waals surface area contributed by atoms with Crippen LogP contribution in [0.1, 0.15) is 23.2 Å². The van der Waals surface area contributed by atoms with Crippen LogP contribution in [0.3, 0.4) is 0 Å². The van der Waals surface area contributed by atoms with Crippen LogP contribution in [-0.2, 0) is 13.0 Å².